The highest BCUT2D eigenvalue weighted by atomic mass is 14.9. The zero-order valence-corrected chi connectivity index (χ0v) is 38.4. The van der Waals surface area contributed by atoms with Gasteiger partial charge >= 0.3 is 0 Å². The molecule has 324 valence electrons. The molecule has 2 aliphatic carbocycles. The lowest BCUT2D eigenvalue weighted by atomic mass is 9.70. The molecule has 0 bridgehead atoms. The van der Waals surface area contributed by atoms with Crippen LogP contribution in [0.15, 0.2) is 231 Å². The van der Waals surface area contributed by atoms with Crippen molar-refractivity contribution in [1.29, 1.82) is 0 Å². The van der Waals surface area contributed by atoms with Gasteiger partial charge in [-0.3, -0.25) is 0 Å². The van der Waals surface area contributed by atoms with Gasteiger partial charge in [-0.1, -0.05) is 212 Å². The van der Waals surface area contributed by atoms with Crippen molar-refractivity contribution >= 4 is 75.9 Å². The lowest BCUT2D eigenvalue weighted by Crippen LogP contribution is -2.25. The summed E-state index contributed by atoms with van der Waals surface area (Å²) < 4.78 is 2.39. The van der Waals surface area contributed by atoms with Crippen LogP contribution in [0, 0.1) is 0 Å². The molecule has 0 aliphatic heterocycles. The molecule has 0 saturated heterocycles. The number of H-pyrrole nitrogens is 1. The van der Waals surface area contributed by atoms with Gasteiger partial charge < -0.3 is 9.55 Å². The van der Waals surface area contributed by atoms with Gasteiger partial charge in [0, 0.05) is 50.8 Å². The minimum Gasteiger partial charge on any atom is -0.354 e. The smallest absolute Gasteiger partial charge is 0.0725 e. The van der Waals surface area contributed by atoms with Crippen LogP contribution in [-0.2, 0) is 12.5 Å². The van der Waals surface area contributed by atoms with Crippen molar-refractivity contribution in [3.8, 4) is 55.6 Å². The summed E-state index contributed by atoms with van der Waals surface area (Å²) in [6.45, 7) is 0. The Bertz CT molecular complexity index is 4570. The summed E-state index contributed by atoms with van der Waals surface area (Å²) in [6, 6.07) is 87.1. The number of para-hydroxylation sites is 4. The van der Waals surface area contributed by atoms with Crippen LogP contribution in [-0.4, -0.2) is 9.55 Å². The van der Waals surface area contributed by atoms with Crippen LogP contribution >= 0.6 is 0 Å². The lowest BCUT2D eigenvalue weighted by Gasteiger charge is -2.30. The van der Waals surface area contributed by atoms with Gasteiger partial charge in [-0.15, -0.1) is 0 Å². The maximum atomic E-state index is 3.87. The topological polar surface area (TPSA) is 20.7 Å². The van der Waals surface area contributed by atoms with Gasteiger partial charge in [-0.25, -0.2) is 0 Å². The number of hydrogen-bond donors (Lipinski definition) is 1. The molecule has 2 heterocycles. The Morgan fingerprint density at radius 2 is 0.829 bits per heavy atom. The molecular weight excluding hydrogens is 845 g/mol. The summed E-state index contributed by atoms with van der Waals surface area (Å²) in [4.78, 5) is 3.87. The summed E-state index contributed by atoms with van der Waals surface area (Å²) in [6.07, 6.45) is 0. The molecule has 0 amide bonds. The van der Waals surface area contributed by atoms with Crippen molar-refractivity contribution in [3.05, 3.63) is 253 Å². The van der Waals surface area contributed by atoms with Gasteiger partial charge in [0.25, 0.3) is 0 Å². The molecule has 0 radical (unpaired) electrons. The Morgan fingerprint density at radius 3 is 1.60 bits per heavy atom. The van der Waals surface area contributed by atoms with E-state index in [-0.39, 0.29) is 0 Å². The lowest BCUT2D eigenvalue weighted by molar-refractivity contribution is 0.794. The molecule has 0 atom stereocenters. The van der Waals surface area contributed by atoms with E-state index in [1.807, 2.05) is 0 Å². The van der Waals surface area contributed by atoms with E-state index >= 15 is 0 Å². The van der Waals surface area contributed by atoms with Crippen molar-refractivity contribution in [2.24, 2.45) is 7.05 Å². The van der Waals surface area contributed by atoms with E-state index in [0.29, 0.717) is 0 Å². The summed E-state index contributed by atoms with van der Waals surface area (Å²) in [7, 11) is 2.23. The first-order valence-corrected chi connectivity index (χ1v) is 24.5. The van der Waals surface area contributed by atoms with Gasteiger partial charge in [0.05, 0.1) is 16.4 Å². The standard InChI is InChI=1S/C68H42N2/c1-70-62-36-11-7-22-47(62)53-30-15-29-52(67(53)70)43-24-13-26-49-56(43)39-55-42(50-27-14-28-51-46-21-6-10-35-61(46)69-66(50)51)23-12-25-48(55)63(49)54-31-16-34-59-65(54)64-41-18-3-2-17-40(41)37-38-60(64)68(59)57-32-8-4-19-44(57)45-20-5-9-33-58(45)68/h2-39,69H,1H3. The van der Waals surface area contributed by atoms with Crippen molar-refractivity contribution in [1.82, 2.24) is 9.55 Å². The summed E-state index contributed by atoms with van der Waals surface area (Å²) in [5.74, 6) is 0. The fourth-order valence-electron chi connectivity index (χ4n) is 13.6. The van der Waals surface area contributed by atoms with Crippen LogP contribution in [0.25, 0.3) is 132 Å². The van der Waals surface area contributed by atoms with E-state index in [0.717, 1.165) is 11.0 Å². The summed E-state index contributed by atoms with van der Waals surface area (Å²) >= 11 is 0. The molecule has 1 spiro atoms. The average Bonchev–Trinajstić information content (AvgIpc) is 4.14. The van der Waals surface area contributed by atoms with Gasteiger partial charge in [-0.2, -0.15) is 0 Å². The number of benzene rings is 12. The molecule has 2 nitrogen and oxygen atoms in total. The predicted octanol–water partition coefficient (Wildman–Crippen LogP) is 17.8. The van der Waals surface area contributed by atoms with E-state index in [1.54, 1.807) is 0 Å². The number of aromatic amines is 1. The fourth-order valence-corrected chi connectivity index (χ4v) is 13.6. The molecular formula is C68H42N2. The largest absolute Gasteiger partial charge is 0.354 e. The Morgan fingerprint density at radius 1 is 0.314 bits per heavy atom. The van der Waals surface area contributed by atoms with Gasteiger partial charge in [-0.05, 0) is 117 Å². The highest BCUT2D eigenvalue weighted by Gasteiger charge is 2.52. The maximum absolute atomic E-state index is 3.87. The Hall–Kier alpha value is -8.98. The zero-order valence-electron chi connectivity index (χ0n) is 38.4. The third-order valence-electron chi connectivity index (χ3n) is 16.4. The average molecular weight is 887 g/mol. The number of aromatic nitrogens is 2. The number of fused-ring (bicyclic) bond motifs is 20. The van der Waals surface area contributed by atoms with Gasteiger partial charge in [0.2, 0.25) is 0 Å². The number of nitrogens with one attached hydrogen (secondary N) is 1. The van der Waals surface area contributed by atoms with Gasteiger partial charge in [0.15, 0.2) is 0 Å². The molecule has 2 heteroatoms. The third kappa shape index (κ3) is 4.73. The number of rotatable bonds is 3. The van der Waals surface area contributed by atoms with Crippen LogP contribution in [0.1, 0.15) is 22.3 Å². The highest BCUT2D eigenvalue weighted by Crippen LogP contribution is 2.65. The molecule has 0 unspecified atom stereocenters. The van der Waals surface area contributed by atoms with Crippen LogP contribution in [0.2, 0.25) is 0 Å². The number of hydrogen-bond acceptors (Lipinski definition) is 0. The first-order chi connectivity index (χ1) is 34.7. The monoisotopic (exact) mass is 886 g/mol. The fraction of sp³-hybridized carbons (Fsp3) is 0.0294. The van der Waals surface area contributed by atoms with Crippen molar-refractivity contribution < 1.29 is 0 Å². The van der Waals surface area contributed by atoms with Crippen LogP contribution in [0.5, 0.6) is 0 Å². The maximum Gasteiger partial charge on any atom is 0.0725 e. The number of nitrogens with zero attached hydrogens (tertiary/aromatic N) is 1. The molecule has 2 aliphatic rings. The second kappa shape index (κ2) is 13.8. The van der Waals surface area contributed by atoms with Crippen LogP contribution in [0.4, 0.5) is 0 Å². The molecule has 14 aromatic rings. The molecule has 1 N–H and O–H groups in total. The SMILES string of the molecule is Cn1c2ccccc2c2cccc(-c3cccc4c(-c5cccc6c5-c5c(ccc7ccccc57)C65c6ccccc6-c6ccccc65)c5cccc(-c6cccc7c6[nH]c6ccccc67)c5cc34)c21. The van der Waals surface area contributed by atoms with Crippen molar-refractivity contribution in [2.75, 3.05) is 0 Å². The molecule has 2 aromatic heterocycles. The van der Waals surface area contributed by atoms with E-state index in [9.17, 15) is 0 Å². The van der Waals surface area contributed by atoms with E-state index in [4.69, 9.17) is 0 Å². The Kier molecular flexibility index (Phi) is 7.51. The quantitative estimate of drug-likeness (QED) is 0.171. The predicted molar refractivity (Wildman–Crippen MR) is 295 cm³/mol. The second-order valence-corrected chi connectivity index (χ2v) is 19.5. The molecule has 12 aromatic carbocycles. The van der Waals surface area contributed by atoms with Crippen LogP contribution in [0.3, 0.4) is 0 Å². The molecule has 0 fully saturated rings. The summed E-state index contributed by atoms with van der Waals surface area (Å²) in [5.41, 5.74) is 22.4. The Labute approximate surface area is 404 Å². The minimum absolute atomic E-state index is 0.496. The first-order valence-electron chi connectivity index (χ1n) is 24.5. The normalized spacial score (nSPS) is 13.3. The van der Waals surface area contributed by atoms with Gasteiger partial charge in [0.1, 0.15) is 0 Å². The van der Waals surface area contributed by atoms with E-state index < -0.39 is 5.41 Å². The van der Waals surface area contributed by atoms with Crippen LogP contribution < -0.4 is 0 Å². The summed E-state index contributed by atoms with van der Waals surface area (Å²) in [5, 5.41) is 12.5. The minimum atomic E-state index is -0.496. The van der Waals surface area contributed by atoms with E-state index in [1.165, 1.54) is 143 Å². The molecule has 0 saturated carbocycles. The van der Waals surface area contributed by atoms with Crippen molar-refractivity contribution in [3.63, 3.8) is 0 Å². The number of aryl methyl sites for hydroxylation is 1. The first kappa shape index (κ1) is 38.0. The molecule has 16 rings (SSSR count). The van der Waals surface area contributed by atoms with Crippen molar-refractivity contribution in [2.45, 2.75) is 5.41 Å². The van der Waals surface area contributed by atoms with E-state index in [2.05, 4.69) is 247 Å². The Balaban J connectivity index is 1.09. The highest BCUT2D eigenvalue weighted by molar-refractivity contribution is 6.25. The second-order valence-electron chi connectivity index (χ2n) is 19.5. The third-order valence-corrected chi connectivity index (χ3v) is 16.4. The zero-order chi connectivity index (χ0) is 45.8. The molecule has 70 heavy (non-hydrogen) atoms.